The molecule has 12 nitrogen and oxygen atoms in total. The topological polar surface area (TPSA) is 201 Å². The Hall–Kier alpha value is -2.50. The first-order valence-corrected chi connectivity index (χ1v) is 16.3. The lowest BCUT2D eigenvalue weighted by molar-refractivity contribution is 0.480. The zero-order valence-corrected chi connectivity index (χ0v) is 22.2. The molecule has 1 fully saturated rings. The Balaban J connectivity index is 2.02. The van der Waals surface area contributed by atoms with Crippen LogP contribution in [0.3, 0.4) is 0 Å². The van der Waals surface area contributed by atoms with E-state index in [-0.39, 0.29) is 22.5 Å². The predicted octanol–water partition coefficient (Wildman–Crippen LogP) is 2.40. The molecule has 0 amide bonds. The molecule has 0 aliphatic heterocycles. The summed E-state index contributed by atoms with van der Waals surface area (Å²) in [4.78, 5) is -1.31. The first kappa shape index (κ1) is 28.1. The molecule has 0 aromatic heterocycles. The molecule has 0 saturated heterocycles. The van der Waals surface area contributed by atoms with Gasteiger partial charge in [-0.15, -0.1) is 0 Å². The highest BCUT2D eigenvalue weighted by Gasteiger charge is 2.36. The van der Waals surface area contributed by atoms with Gasteiger partial charge in [0.25, 0.3) is 20.2 Å². The number of benzene rings is 2. The second-order valence-electron chi connectivity index (χ2n) is 8.33. The van der Waals surface area contributed by atoms with Crippen LogP contribution in [0.4, 0.5) is 11.4 Å². The molecule has 2 aromatic carbocycles. The maximum atomic E-state index is 12.1. The Labute approximate surface area is 210 Å². The summed E-state index contributed by atoms with van der Waals surface area (Å²) in [5.41, 5.74) is -0.450. The highest BCUT2D eigenvalue weighted by atomic mass is 32.2. The summed E-state index contributed by atoms with van der Waals surface area (Å²) < 4.78 is 120. The average molecular weight is 581 g/mol. The van der Waals surface area contributed by atoms with E-state index in [1.807, 2.05) is 0 Å². The molecule has 198 valence electrons. The molecule has 0 unspecified atom stereocenters. The molecule has 2 aromatic rings. The van der Waals surface area contributed by atoms with Gasteiger partial charge in [0, 0.05) is 11.4 Å². The number of hydrogen-bond acceptors (Lipinski definition) is 8. The van der Waals surface area contributed by atoms with E-state index in [1.54, 1.807) is 0 Å². The van der Waals surface area contributed by atoms with Crippen LogP contribution < -0.4 is 9.44 Å². The molecule has 0 heterocycles. The van der Waals surface area contributed by atoms with Crippen LogP contribution in [0, 0.1) is 0 Å². The summed E-state index contributed by atoms with van der Waals surface area (Å²) in [5.74, 6) is 0. The van der Waals surface area contributed by atoms with Crippen molar-refractivity contribution >= 4 is 63.8 Å². The fraction of sp³-hybridized carbons (Fsp3) is 0.300. The standard InChI is InChI=1S/C20H24N2O10S4/c1-13(2)33(23,24)21-16-7-5-14(19(11-16)35(27,28)29)3-4-15-6-8-17(12-20(15)36(30,31)32)22-34(25,26)18-9-10-18/h3-8,11-13,18,21-22H,9-10H2,1-2H3,(H,27,28,29)(H,30,31,32)/b4-3+. The minimum Gasteiger partial charge on any atom is -0.283 e. The van der Waals surface area contributed by atoms with Gasteiger partial charge in [-0.25, -0.2) is 16.8 Å². The van der Waals surface area contributed by atoms with Crippen LogP contribution in [0.25, 0.3) is 12.2 Å². The summed E-state index contributed by atoms with van der Waals surface area (Å²) in [6, 6.07) is 6.71. The Bertz CT molecular complexity index is 1520. The van der Waals surface area contributed by atoms with Gasteiger partial charge in [0.15, 0.2) is 0 Å². The van der Waals surface area contributed by atoms with Gasteiger partial charge in [-0.3, -0.25) is 18.5 Å². The quantitative estimate of drug-likeness (QED) is 0.239. The maximum Gasteiger partial charge on any atom is 0.295 e. The van der Waals surface area contributed by atoms with Gasteiger partial charge in [-0.05, 0) is 62.1 Å². The van der Waals surface area contributed by atoms with E-state index in [0.717, 1.165) is 24.3 Å². The van der Waals surface area contributed by atoms with Crippen molar-refractivity contribution in [3.63, 3.8) is 0 Å². The van der Waals surface area contributed by atoms with E-state index in [0.29, 0.717) is 12.8 Å². The van der Waals surface area contributed by atoms with Gasteiger partial charge >= 0.3 is 0 Å². The molecule has 1 aliphatic rings. The first-order chi connectivity index (χ1) is 16.4. The molecule has 0 spiro atoms. The van der Waals surface area contributed by atoms with Crippen LogP contribution in [0.15, 0.2) is 46.2 Å². The Morgan fingerprint density at radius 1 is 0.750 bits per heavy atom. The molecule has 16 heteroatoms. The molecule has 3 rings (SSSR count). The van der Waals surface area contributed by atoms with E-state index in [1.165, 1.54) is 38.1 Å². The van der Waals surface area contributed by atoms with Gasteiger partial charge in [0.05, 0.1) is 10.5 Å². The summed E-state index contributed by atoms with van der Waals surface area (Å²) in [6.07, 6.45) is 3.22. The number of anilines is 2. The van der Waals surface area contributed by atoms with Gasteiger partial charge in [0.2, 0.25) is 20.0 Å². The third kappa shape index (κ3) is 6.83. The van der Waals surface area contributed by atoms with Crippen molar-refractivity contribution in [2.45, 2.75) is 47.0 Å². The molecule has 0 atom stereocenters. The lowest BCUT2D eigenvalue weighted by Gasteiger charge is -2.13. The van der Waals surface area contributed by atoms with Crippen LogP contribution >= 0.6 is 0 Å². The minimum absolute atomic E-state index is 0.0907. The smallest absolute Gasteiger partial charge is 0.283 e. The molecule has 0 radical (unpaired) electrons. The highest BCUT2D eigenvalue weighted by Crippen LogP contribution is 2.31. The lowest BCUT2D eigenvalue weighted by Crippen LogP contribution is -2.22. The summed E-state index contributed by atoms with van der Waals surface area (Å²) in [6.45, 7) is 2.83. The van der Waals surface area contributed by atoms with Gasteiger partial charge in [0.1, 0.15) is 9.79 Å². The van der Waals surface area contributed by atoms with Crippen LogP contribution in [-0.2, 0) is 40.3 Å². The van der Waals surface area contributed by atoms with E-state index in [9.17, 15) is 42.8 Å². The molecule has 0 bridgehead atoms. The van der Waals surface area contributed by atoms with Crippen molar-refractivity contribution in [3.05, 3.63) is 47.5 Å². The van der Waals surface area contributed by atoms with Crippen molar-refractivity contribution in [2.24, 2.45) is 0 Å². The third-order valence-electron chi connectivity index (χ3n) is 5.13. The van der Waals surface area contributed by atoms with E-state index >= 15 is 0 Å². The van der Waals surface area contributed by atoms with Crippen LogP contribution in [0.2, 0.25) is 0 Å². The van der Waals surface area contributed by atoms with Gasteiger partial charge in [-0.1, -0.05) is 24.3 Å². The largest absolute Gasteiger partial charge is 0.295 e. The van der Waals surface area contributed by atoms with Crippen LogP contribution in [-0.4, -0.2) is 53.3 Å². The van der Waals surface area contributed by atoms with Gasteiger partial charge < -0.3 is 0 Å². The summed E-state index contributed by atoms with van der Waals surface area (Å²) in [5, 5.41) is -1.39. The van der Waals surface area contributed by atoms with Crippen molar-refractivity contribution in [1.82, 2.24) is 0 Å². The average Bonchev–Trinajstić information content (AvgIpc) is 3.57. The molecule has 4 N–H and O–H groups in total. The molecule has 1 aliphatic carbocycles. The maximum absolute atomic E-state index is 12.1. The fourth-order valence-electron chi connectivity index (χ4n) is 3.01. The Kier molecular flexibility index (Phi) is 7.61. The highest BCUT2D eigenvalue weighted by molar-refractivity contribution is 7.93. The zero-order valence-electron chi connectivity index (χ0n) is 19.0. The summed E-state index contributed by atoms with van der Waals surface area (Å²) >= 11 is 0. The normalized spacial score (nSPS) is 15.4. The molecule has 36 heavy (non-hydrogen) atoms. The molecule has 1 saturated carbocycles. The number of rotatable bonds is 10. The number of hydrogen-bond donors (Lipinski definition) is 4. The Morgan fingerprint density at radius 2 is 1.17 bits per heavy atom. The summed E-state index contributed by atoms with van der Waals surface area (Å²) in [7, 11) is -17.2. The third-order valence-corrected chi connectivity index (χ3v) is 10.6. The number of sulfonamides is 2. The molecular formula is C20H24N2O10S4. The van der Waals surface area contributed by atoms with Crippen LogP contribution in [0.1, 0.15) is 37.8 Å². The SMILES string of the molecule is CC(C)S(=O)(=O)Nc1ccc(/C=C/c2ccc(NS(=O)(=O)C3CC3)cc2S(=O)(=O)O)c(S(=O)(=O)O)c1. The number of nitrogens with one attached hydrogen (secondary N) is 2. The van der Waals surface area contributed by atoms with E-state index in [4.69, 9.17) is 0 Å². The lowest BCUT2D eigenvalue weighted by atomic mass is 10.1. The Morgan fingerprint density at radius 3 is 1.53 bits per heavy atom. The van der Waals surface area contributed by atoms with E-state index in [2.05, 4.69) is 9.44 Å². The monoisotopic (exact) mass is 580 g/mol. The first-order valence-electron chi connectivity index (χ1n) is 10.3. The van der Waals surface area contributed by atoms with E-state index < -0.39 is 60.6 Å². The van der Waals surface area contributed by atoms with Crippen molar-refractivity contribution in [1.29, 1.82) is 0 Å². The van der Waals surface area contributed by atoms with Crippen LogP contribution in [0.5, 0.6) is 0 Å². The predicted molar refractivity (Wildman–Crippen MR) is 135 cm³/mol. The second kappa shape index (κ2) is 9.75. The van der Waals surface area contributed by atoms with Crippen molar-refractivity contribution < 1.29 is 42.8 Å². The zero-order chi connectivity index (χ0) is 27.1. The van der Waals surface area contributed by atoms with Gasteiger partial charge in [-0.2, -0.15) is 16.8 Å². The minimum atomic E-state index is -4.83. The fourth-order valence-corrected chi connectivity index (χ4v) is 6.50. The second-order valence-corrected chi connectivity index (χ2v) is 15.3. The molecular weight excluding hydrogens is 556 g/mol. The van der Waals surface area contributed by atoms with Crippen molar-refractivity contribution in [3.8, 4) is 0 Å². The van der Waals surface area contributed by atoms with Crippen molar-refractivity contribution in [2.75, 3.05) is 9.44 Å².